The van der Waals surface area contributed by atoms with E-state index in [9.17, 15) is 19.2 Å². The molecule has 2 N–H and O–H groups in total. The molecule has 2 saturated heterocycles. The number of carbonyl (C=O) groups is 4. The number of rotatable bonds is 8. The molecule has 10 nitrogen and oxygen atoms in total. The van der Waals surface area contributed by atoms with Crippen LogP contribution in [0.3, 0.4) is 0 Å². The quantitative estimate of drug-likeness (QED) is 0.427. The van der Waals surface area contributed by atoms with Crippen LogP contribution in [0, 0.1) is 0 Å². The summed E-state index contributed by atoms with van der Waals surface area (Å²) in [7, 11) is 0. The van der Waals surface area contributed by atoms with Crippen molar-refractivity contribution in [3.8, 4) is 0 Å². The summed E-state index contributed by atoms with van der Waals surface area (Å²) in [5.41, 5.74) is 2.58. The summed E-state index contributed by atoms with van der Waals surface area (Å²) in [6.45, 7) is 5.34. The van der Waals surface area contributed by atoms with E-state index in [1.165, 1.54) is 0 Å². The maximum atomic E-state index is 12.8. The second-order valence-corrected chi connectivity index (χ2v) is 8.33. The minimum Gasteiger partial charge on any atom is -0.481 e. The Labute approximate surface area is 186 Å². The standard InChI is InChI=1S/C22H28N4O6/c27-19-4-3-18(21(30)23-19)26-14-15-13-16(1-2-17(15)22(26)31)25-8-6-24(7-9-25)10-12-32-11-5-20(28)29/h1-2,13,18H,3-12,14H2,(H,28,29)(H,23,27,30). The maximum absolute atomic E-state index is 12.8. The van der Waals surface area contributed by atoms with E-state index in [0.29, 0.717) is 25.1 Å². The third-order valence-electron chi connectivity index (χ3n) is 6.26. The van der Waals surface area contributed by atoms with Crippen LogP contribution < -0.4 is 10.2 Å². The van der Waals surface area contributed by atoms with Crippen molar-refractivity contribution in [2.24, 2.45) is 0 Å². The number of hydrogen-bond donors (Lipinski definition) is 2. The number of amides is 3. The molecule has 0 spiro atoms. The first kappa shape index (κ1) is 22.2. The van der Waals surface area contributed by atoms with Crippen molar-refractivity contribution in [2.75, 3.05) is 50.8 Å². The number of fused-ring (bicyclic) bond motifs is 1. The fourth-order valence-corrected chi connectivity index (χ4v) is 4.44. The Morgan fingerprint density at radius 1 is 1.12 bits per heavy atom. The summed E-state index contributed by atoms with van der Waals surface area (Å²) in [6.07, 6.45) is 0.630. The third kappa shape index (κ3) is 4.91. The Morgan fingerprint density at radius 3 is 2.62 bits per heavy atom. The molecule has 1 aromatic carbocycles. The van der Waals surface area contributed by atoms with Crippen LogP contribution >= 0.6 is 0 Å². The molecule has 172 valence electrons. The molecular weight excluding hydrogens is 416 g/mol. The number of ether oxygens (including phenoxy) is 1. The lowest BCUT2D eigenvalue weighted by Crippen LogP contribution is -2.52. The molecule has 0 radical (unpaired) electrons. The van der Waals surface area contributed by atoms with Crippen LogP contribution in [-0.2, 0) is 25.7 Å². The molecule has 0 saturated carbocycles. The molecule has 10 heteroatoms. The summed E-state index contributed by atoms with van der Waals surface area (Å²) in [5, 5.41) is 11.0. The van der Waals surface area contributed by atoms with Crippen LogP contribution in [0.2, 0.25) is 0 Å². The number of aliphatic carboxylic acids is 1. The van der Waals surface area contributed by atoms with Gasteiger partial charge in [0.1, 0.15) is 6.04 Å². The number of carboxylic acid groups (broad SMARTS) is 1. The first-order valence-corrected chi connectivity index (χ1v) is 11.0. The zero-order chi connectivity index (χ0) is 22.7. The van der Waals surface area contributed by atoms with Crippen LogP contribution in [0.15, 0.2) is 18.2 Å². The number of piperazine rings is 1. The minimum absolute atomic E-state index is 0.0234. The van der Waals surface area contributed by atoms with Gasteiger partial charge < -0.3 is 19.6 Å². The first-order valence-electron chi connectivity index (χ1n) is 11.0. The SMILES string of the molecule is O=C(O)CCOCCN1CCN(c2ccc3c(c2)CN(C2CCC(=O)NC2=O)C3=O)CC1. The van der Waals surface area contributed by atoms with Crippen LogP contribution in [-0.4, -0.2) is 90.6 Å². The normalized spacial score (nSPS) is 21.6. The molecule has 2 fully saturated rings. The highest BCUT2D eigenvalue weighted by molar-refractivity contribution is 6.05. The Morgan fingerprint density at radius 2 is 1.91 bits per heavy atom. The van der Waals surface area contributed by atoms with E-state index in [1.54, 1.807) is 4.90 Å². The summed E-state index contributed by atoms with van der Waals surface area (Å²) < 4.78 is 5.37. The first-order chi connectivity index (χ1) is 15.4. The molecule has 3 heterocycles. The minimum atomic E-state index is -0.852. The van der Waals surface area contributed by atoms with Crippen LogP contribution in [0.4, 0.5) is 5.69 Å². The van der Waals surface area contributed by atoms with Gasteiger partial charge >= 0.3 is 5.97 Å². The van der Waals surface area contributed by atoms with E-state index in [4.69, 9.17) is 9.84 Å². The smallest absolute Gasteiger partial charge is 0.305 e. The van der Waals surface area contributed by atoms with Crippen molar-refractivity contribution in [2.45, 2.75) is 31.8 Å². The lowest BCUT2D eigenvalue weighted by Gasteiger charge is -2.36. The van der Waals surface area contributed by atoms with Gasteiger partial charge in [-0.05, 0) is 30.2 Å². The second-order valence-electron chi connectivity index (χ2n) is 8.33. The number of anilines is 1. The van der Waals surface area contributed by atoms with E-state index >= 15 is 0 Å². The summed E-state index contributed by atoms with van der Waals surface area (Å²) in [6, 6.07) is 5.22. The number of nitrogens with one attached hydrogen (secondary N) is 1. The topological polar surface area (TPSA) is 119 Å². The Kier molecular flexibility index (Phi) is 6.71. The Balaban J connectivity index is 1.30. The molecule has 3 aliphatic rings. The van der Waals surface area contributed by atoms with Crippen molar-refractivity contribution in [1.82, 2.24) is 15.1 Å². The van der Waals surface area contributed by atoms with Gasteiger partial charge in [-0.2, -0.15) is 0 Å². The fraction of sp³-hybridized carbons (Fsp3) is 0.545. The Bertz CT molecular complexity index is 912. The van der Waals surface area contributed by atoms with Crippen molar-refractivity contribution >= 4 is 29.4 Å². The number of carbonyl (C=O) groups excluding carboxylic acids is 3. The largest absolute Gasteiger partial charge is 0.481 e. The zero-order valence-corrected chi connectivity index (χ0v) is 17.9. The summed E-state index contributed by atoms with van der Waals surface area (Å²) >= 11 is 0. The van der Waals surface area contributed by atoms with Crippen LogP contribution in [0.25, 0.3) is 0 Å². The highest BCUT2D eigenvalue weighted by Gasteiger charge is 2.39. The molecule has 0 aliphatic carbocycles. The van der Waals surface area contributed by atoms with Gasteiger partial charge in [0.05, 0.1) is 19.6 Å². The average molecular weight is 444 g/mol. The van der Waals surface area contributed by atoms with Gasteiger partial charge in [0.25, 0.3) is 5.91 Å². The molecule has 1 atom stereocenters. The molecular formula is C22H28N4O6. The van der Waals surface area contributed by atoms with Gasteiger partial charge in [0, 0.05) is 56.9 Å². The third-order valence-corrected chi connectivity index (χ3v) is 6.26. The molecule has 3 amide bonds. The van der Waals surface area contributed by atoms with Gasteiger partial charge in [-0.25, -0.2) is 0 Å². The van der Waals surface area contributed by atoms with E-state index in [-0.39, 0.29) is 31.3 Å². The number of hydrogen-bond acceptors (Lipinski definition) is 7. The second kappa shape index (κ2) is 9.66. The van der Waals surface area contributed by atoms with E-state index < -0.39 is 17.9 Å². The van der Waals surface area contributed by atoms with Gasteiger partial charge in [-0.15, -0.1) is 0 Å². The van der Waals surface area contributed by atoms with Crippen molar-refractivity contribution in [3.05, 3.63) is 29.3 Å². The monoisotopic (exact) mass is 444 g/mol. The number of piperidine rings is 1. The van der Waals surface area contributed by atoms with Crippen LogP contribution in [0.1, 0.15) is 35.2 Å². The number of nitrogens with zero attached hydrogens (tertiary/aromatic N) is 3. The molecule has 1 unspecified atom stereocenters. The number of carboxylic acids is 1. The van der Waals surface area contributed by atoms with Crippen LogP contribution in [0.5, 0.6) is 0 Å². The van der Waals surface area contributed by atoms with E-state index in [1.807, 2.05) is 18.2 Å². The lowest BCUT2D eigenvalue weighted by atomic mass is 10.0. The maximum Gasteiger partial charge on any atom is 0.305 e. The molecule has 0 bridgehead atoms. The molecule has 32 heavy (non-hydrogen) atoms. The van der Waals surface area contributed by atoms with E-state index in [2.05, 4.69) is 15.1 Å². The number of imide groups is 1. The lowest BCUT2D eigenvalue weighted by molar-refractivity contribution is -0.139. The number of benzene rings is 1. The van der Waals surface area contributed by atoms with Gasteiger partial charge in [-0.1, -0.05) is 0 Å². The van der Waals surface area contributed by atoms with Crippen molar-refractivity contribution < 1.29 is 29.0 Å². The molecule has 4 rings (SSSR count). The fourth-order valence-electron chi connectivity index (χ4n) is 4.44. The molecule has 3 aliphatic heterocycles. The predicted molar refractivity (Wildman–Crippen MR) is 114 cm³/mol. The van der Waals surface area contributed by atoms with E-state index in [0.717, 1.165) is 44.0 Å². The van der Waals surface area contributed by atoms with Gasteiger partial charge in [-0.3, -0.25) is 29.4 Å². The average Bonchev–Trinajstić information content (AvgIpc) is 3.09. The van der Waals surface area contributed by atoms with Crippen molar-refractivity contribution in [1.29, 1.82) is 0 Å². The highest BCUT2D eigenvalue weighted by atomic mass is 16.5. The molecule has 0 aromatic heterocycles. The predicted octanol–water partition coefficient (Wildman–Crippen LogP) is 0.0609. The molecule has 1 aromatic rings. The van der Waals surface area contributed by atoms with Gasteiger partial charge in [0.2, 0.25) is 11.8 Å². The summed E-state index contributed by atoms with van der Waals surface area (Å²) in [4.78, 5) is 53.1. The summed E-state index contributed by atoms with van der Waals surface area (Å²) in [5.74, 6) is -1.70. The zero-order valence-electron chi connectivity index (χ0n) is 17.9. The van der Waals surface area contributed by atoms with Gasteiger partial charge in [0.15, 0.2) is 0 Å². The highest BCUT2D eigenvalue weighted by Crippen LogP contribution is 2.30. The Hall–Kier alpha value is -2.98. The van der Waals surface area contributed by atoms with Crippen molar-refractivity contribution in [3.63, 3.8) is 0 Å².